The van der Waals surface area contributed by atoms with Gasteiger partial charge in [0.2, 0.25) is 0 Å². The van der Waals surface area contributed by atoms with Crippen LogP contribution >= 0.6 is 0 Å². The van der Waals surface area contributed by atoms with E-state index in [1.807, 2.05) is 6.92 Å². The van der Waals surface area contributed by atoms with Gasteiger partial charge in [0.25, 0.3) is 0 Å². The molecule has 0 aromatic heterocycles. The number of benzene rings is 1. The standard InChI is InChI=1S/C11H13FO2/c1-2-13-11-6-3-8-7-9(12)4-5-10(8)14-11/h4-5,7,11H,2-3,6H2,1H3. The van der Waals surface area contributed by atoms with Gasteiger partial charge in [-0.3, -0.25) is 0 Å². The van der Waals surface area contributed by atoms with Gasteiger partial charge in [-0.05, 0) is 37.1 Å². The Hall–Kier alpha value is -1.09. The number of halogens is 1. The van der Waals surface area contributed by atoms with Gasteiger partial charge < -0.3 is 9.47 Å². The minimum atomic E-state index is -0.206. The normalized spacial score (nSPS) is 20.0. The first-order valence-electron chi connectivity index (χ1n) is 4.86. The third kappa shape index (κ3) is 1.87. The third-order valence-corrected chi connectivity index (χ3v) is 2.28. The molecule has 1 aliphatic rings. The highest BCUT2D eigenvalue weighted by molar-refractivity contribution is 5.35. The molecule has 76 valence electrons. The average Bonchev–Trinajstić information content (AvgIpc) is 2.19. The lowest BCUT2D eigenvalue weighted by Crippen LogP contribution is -2.25. The molecule has 0 N–H and O–H groups in total. The summed E-state index contributed by atoms with van der Waals surface area (Å²) in [6, 6.07) is 4.60. The maximum absolute atomic E-state index is 12.9. The molecule has 1 aliphatic heterocycles. The molecule has 0 radical (unpaired) electrons. The molecule has 0 bridgehead atoms. The van der Waals surface area contributed by atoms with Gasteiger partial charge in [-0.15, -0.1) is 0 Å². The molecule has 2 nitrogen and oxygen atoms in total. The molecule has 2 rings (SSSR count). The summed E-state index contributed by atoms with van der Waals surface area (Å²) in [5, 5.41) is 0. The zero-order chi connectivity index (χ0) is 9.97. The van der Waals surface area contributed by atoms with E-state index in [9.17, 15) is 4.39 Å². The van der Waals surface area contributed by atoms with E-state index in [2.05, 4.69) is 0 Å². The third-order valence-electron chi connectivity index (χ3n) is 2.28. The lowest BCUT2D eigenvalue weighted by Gasteiger charge is -2.25. The Morgan fingerprint density at radius 1 is 1.57 bits per heavy atom. The Kier molecular flexibility index (Phi) is 2.68. The lowest BCUT2D eigenvalue weighted by atomic mass is 10.1. The first-order chi connectivity index (χ1) is 6.79. The van der Waals surface area contributed by atoms with Crippen LogP contribution < -0.4 is 4.74 Å². The SMILES string of the molecule is CCOC1CCc2cc(F)ccc2O1. The monoisotopic (exact) mass is 196 g/mol. The van der Waals surface area contributed by atoms with Gasteiger partial charge in [0.1, 0.15) is 11.6 Å². The van der Waals surface area contributed by atoms with E-state index < -0.39 is 0 Å². The number of hydrogen-bond donors (Lipinski definition) is 0. The molecule has 0 fully saturated rings. The molecule has 1 atom stereocenters. The molecule has 0 amide bonds. The quantitative estimate of drug-likeness (QED) is 0.723. The van der Waals surface area contributed by atoms with Crippen molar-refractivity contribution < 1.29 is 13.9 Å². The maximum atomic E-state index is 12.9. The van der Waals surface area contributed by atoms with E-state index in [4.69, 9.17) is 9.47 Å². The van der Waals surface area contributed by atoms with Gasteiger partial charge >= 0.3 is 0 Å². The summed E-state index contributed by atoms with van der Waals surface area (Å²) in [7, 11) is 0. The second kappa shape index (κ2) is 3.96. The van der Waals surface area contributed by atoms with Crippen LogP contribution in [0.15, 0.2) is 18.2 Å². The molecule has 1 aromatic carbocycles. The predicted octanol–water partition coefficient (Wildman–Crippen LogP) is 2.51. The summed E-state index contributed by atoms with van der Waals surface area (Å²) in [4.78, 5) is 0. The molecular formula is C11H13FO2. The summed E-state index contributed by atoms with van der Waals surface area (Å²) in [5.41, 5.74) is 0.931. The zero-order valence-corrected chi connectivity index (χ0v) is 8.13. The Balaban J connectivity index is 2.15. The van der Waals surface area contributed by atoms with Crippen LogP contribution in [0.25, 0.3) is 0 Å². The van der Waals surface area contributed by atoms with Crippen LogP contribution in [0.1, 0.15) is 18.9 Å². The molecule has 0 spiro atoms. The van der Waals surface area contributed by atoms with E-state index in [0.717, 1.165) is 24.2 Å². The van der Waals surface area contributed by atoms with E-state index in [1.165, 1.54) is 12.1 Å². The highest BCUT2D eigenvalue weighted by Crippen LogP contribution is 2.28. The summed E-state index contributed by atoms with van der Waals surface area (Å²) >= 11 is 0. The van der Waals surface area contributed by atoms with Crippen molar-refractivity contribution in [1.29, 1.82) is 0 Å². The van der Waals surface area contributed by atoms with Crippen molar-refractivity contribution in [3.05, 3.63) is 29.6 Å². The van der Waals surface area contributed by atoms with Gasteiger partial charge in [-0.25, -0.2) is 4.39 Å². The minimum Gasteiger partial charge on any atom is -0.465 e. The molecule has 0 saturated carbocycles. The molecule has 0 aliphatic carbocycles. The Bertz CT molecular complexity index is 325. The summed E-state index contributed by atoms with van der Waals surface area (Å²) in [6.07, 6.45) is 1.44. The highest BCUT2D eigenvalue weighted by Gasteiger charge is 2.19. The zero-order valence-electron chi connectivity index (χ0n) is 8.13. The molecule has 1 unspecified atom stereocenters. The van der Waals surface area contributed by atoms with Crippen molar-refractivity contribution in [3.63, 3.8) is 0 Å². The maximum Gasteiger partial charge on any atom is 0.200 e. The number of aryl methyl sites for hydroxylation is 1. The number of rotatable bonds is 2. The van der Waals surface area contributed by atoms with E-state index >= 15 is 0 Å². The first kappa shape index (κ1) is 9.46. The van der Waals surface area contributed by atoms with Gasteiger partial charge in [-0.1, -0.05) is 0 Å². The summed E-state index contributed by atoms with van der Waals surface area (Å²) in [5.74, 6) is 0.540. The molecule has 3 heteroatoms. The minimum absolute atomic E-state index is 0.169. The largest absolute Gasteiger partial charge is 0.465 e. The number of ether oxygens (including phenoxy) is 2. The number of fused-ring (bicyclic) bond motifs is 1. The van der Waals surface area contributed by atoms with E-state index in [1.54, 1.807) is 6.07 Å². The van der Waals surface area contributed by atoms with Crippen molar-refractivity contribution >= 4 is 0 Å². The van der Waals surface area contributed by atoms with Crippen LogP contribution in [-0.2, 0) is 11.2 Å². The Morgan fingerprint density at radius 2 is 2.43 bits per heavy atom. The fourth-order valence-electron chi connectivity index (χ4n) is 1.64. The van der Waals surface area contributed by atoms with E-state index in [0.29, 0.717) is 6.61 Å². The molecule has 14 heavy (non-hydrogen) atoms. The summed E-state index contributed by atoms with van der Waals surface area (Å²) < 4.78 is 23.7. The fourth-order valence-corrected chi connectivity index (χ4v) is 1.64. The lowest BCUT2D eigenvalue weighted by molar-refractivity contribution is -0.0862. The summed E-state index contributed by atoms with van der Waals surface area (Å²) in [6.45, 7) is 2.57. The van der Waals surface area contributed by atoms with Gasteiger partial charge in [0.05, 0.1) is 0 Å². The van der Waals surface area contributed by atoms with Crippen molar-refractivity contribution in [2.45, 2.75) is 26.1 Å². The second-order valence-corrected chi connectivity index (χ2v) is 3.29. The van der Waals surface area contributed by atoms with Gasteiger partial charge in [0, 0.05) is 13.0 Å². The predicted molar refractivity (Wildman–Crippen MR) is 50.8 cm³/mol. The topological polar surface area (TPSA) is 18.5 Å². The van der Waals surface area contributed by atoms with Crippen LogP contribution in [0, 0.1) is 5.82 Å². The molecular weight excluding hydrogens is 183 g/mol. The van der Waals surface area contributed by atoms with Gasteiger partial charge in [0.15, 0.2) is 6.29 Å². The van der Waals surface area contributed by atoms with Crippen molar-refractivity contribution in [3.8, 4) is 5.75 Å². The fraction of sp³-hybridized carbons (Fsp3) is 0.455. The van der Waals surface area contributed by atoms with Crippen molar-refractivity contribution in [2.24, 2.45) is 0 Å². The van der Waals surface area contributed by atoms with Crippen LogP contribution in [-0.4, -0.2) is 12.9 Å². The number of hydrogen-bond acceptors (Lipinski definition) is 2. The first-order valence-corrected chi connectivity index (χ1v) is 4.86. The van der Waals surface area contributed by atoms with Crippen LogP contribution in [0.4, 0.5) is 4.39 Å². The molecule has 1 heterocycles. The Labute approximate surface area is 82.6 Å². The van der Waals surface area contributed by atoms with Crippen LogP contribution in [0.5, 0.6) is 5.75 Å². The van der Waals surface area contributed by atoms with Crippen LogP contribution in [0.3, 0.4) is 0 Å². The second-order valence-electron chi connectivity index (χ2n) is 3.29. The van der Waals surface area contributed by atoms with E-state index in [-0.39, 0.29) is 12.1 Å². The van der Waals surface area contributed by atoms with Crippen molar-refractivity contribution in [1.82, 2.24) is 0 Å². The molecule has 1 aromatic rings. The smallest absolute Gasteiger partial charge is 0.200 e. The molecule has 0 saturated heterocycles. The van der Waals surface area contributed by atoms with Crippen molar-refractivity contribution in [2.75, 3.05) is 6.61 Å². The Morgan fingerprint density at radius 3 is 3.21 bits per heavy atom. The highest BCUT2D eigenvalue weighted by atomic mass is 19.1. The average molecular weight is 196 g/mol. The van der Waals surface area contributed by atoms with Gasteiger partial charge in [-0.2, -0.15) is 0 Å². The van der Waals surface area contributed by atoms with Crippen LogP contribution in [0.2, 0.25) is 0 Å².